The molecule has 5 nitrogen and oxygen atoms in total. The van der Waals surface area contributed by atoms with Gasteiger partial charge in [-0.25, -0.2) is 9.37 Å². The Bertz CT molecular complexity index is 913. The van der Waals surface area contributed by atoms with Gasteiger partial charge in [0.05, 0.1) is 19.0 Å². The fraction of sp³-hybridized carbons (Fsp3) is 0.143. The molecule has 0 unspecified atom stereocenters. The molecule has 2 N–H and O–H groups in total. The second kappa shape index (κ2) is 8.80. The number of nitrogens with zero attached hydrogens (tertiary/aromatic N) is 1. The van der Waals surface area contributed by atoms with E-state index in [2.05, 4.69) is 15.6 Å². The first kappa shape index (κ1) is 18.4. The molecule has 6 heteroatoms. The lowest BCUT2D eigenvalue weighted by atomic mass is 10.1. The van der Waals surface area contributed by atoms with Gasteiger partial charge in [0, 0.05) is 12.2 Å². The second-order valence-electron chi connectivity index (χ2n) is 5.89. The van der Waals surface area contributed by atoms with E-state index < -0.39 is 0 Å². The zero-order valence-electron chi connectivity index (χ0n) is 14.9. The number of methoxy groups -OCH3 is 1. The Balaban J connectivity index is 1.54. The summed E-state index contributed by atoms with van der Waals surface area (Å²) in [7, 11) is 1.63. The first-order valence-corrected chi connectivity index (χ1v) is 8.54. The topological polar surface area (TPSA) is 63.2 Å². The first-order valence-electron chi connectivity index (χ1n) is 8.54. The minimum atomic E-state index is -0.320. The molecule has 0 spiro atoms. The van der Waals surface area contributed by atoms with Crippen molar-refractivity contribution in [1.29, 1.82) is 0 Å². The number of para-hydroxylation sites is 1. The van der Waals surface area contributed by atoms with Gasteiger partial charge in [-0.1, -0.05) is 24.3 Å². The maximum absolute atomic E-state index is 13.2. The van der Waals surface area contributed by atoms with Crippen LogP contribution in [0.4, 0.5) is 15.8 Å². The number of aromatic nitrogens is 1. The maximum Gasteiger partial charge on any atom is 0.269 e. The summed E-state index contributed by atoms with van der Waals surface area (Å²) in [5.74, 6) is 0.235. The molecule has 3 aromatic rings. The summed E-state index contributed by atoms with van der Waals surface area (Å²) in [6.07, 6.45) is 2.20. The molecule has 0 radical (unpaired) electrons. The molecule has 0 saturated carbocycles. The van der Waals surface area contributed by atoms with Crippen molar-refractivity contribution in [1.82, 2.24) is 10.3 Å². The molecule has 1 aromatic heterocycles. The van der Waals surface area contributed by atoms with Crippen LogP contribution in [-0.4, -0.2) is 24.5 Å². The largest absolute Gasteiger partial charge is 0.496 e. The predicted octanol–water partition coefficient (Wildman–Crippen LogP) is 3.95. The van der Waals surface area contributed by atoms with Crippen molar-refractivity contribution < 1.29 is 13.9 Å². The van der Waals surface area contributed by atoms with E-state index in [-0.39, 0.29) is 11.7 Å². The zero-order chi connectivity index (χ0) is 19.1. The van der Waals surface area contributed by atoms with Gasteiger partial charge in [-0.3, -0.25) is 4.79 Å². The number of amides is 1. The molecule has 2 aromatic carbocycles. The molecule has 0 atom stereocenters. The molecule has 1 amide bonds. The fourth-order valence-electron chi connectivity index (χ4n) is 2.65. The highest BCUT2D eigenvalue weighted by Gasteiger charge is 2.08. The highest BCUT2D eigenvalue weighted by Crippen LogP contribution is 2.18. The molecule has 3 rings (SSSR count). The quantitative estimate of drug-likeness (QED) is 0.666. The summed E-state index contributed by atoms with van der Waals surface area (Å²) in [6, 6.07) is 17.2. The van der Waals surface area contributed by atoms with Gasteiger partial charge in [0.2, 0.25) is 0 Å². The Morgan fingerprint density at radius 3 is 2.67 bits per heavy atom. The summed E-state index contributed by atoms with van der Waals surface area (Å²) < 4.78 is 18.5. The highest BCUT2D eigenvalue weighted by molar-refractivity contribution is 5.92. The van der Waals surface area contributed by atoms with Crippen LogP contribution in [0, 0.1) is 5.82 Å². The van der Waals surface area contributed by atoms with Crippen LogP contribution in [-0.2, 0) is 6.42 Å². The average Bonchev–Trinajstić information content (AvgIpc) is 2.69. The zero-order valence-corrected chi connectivity index (χ0v) is 14.9. The van der Waals surface area contributed by atoms with Gasteiger partial charge in [-0.15, -0.1) is 0 Å². The van der Waals surface area contributed by atoms with Crippen molar-refractivity contribution in [3.63, 3.8) is 0 Å². The summed E-state index contributed by atoms with van der Waals surface area (Å²) >= 11 is 0. The number of hydrogen-bond donors (Lipinski definition) is 2. The van der Waals surface area contributed by atoms with E-state index in [1.165, 1.54) is 12.1 Å². The van der Waals surface area contributed by atoms with E-state index in [1.807, 2.05) is 24.3 Å². The van der Waals surface area contributed by atoms with E-state index in [1.54, 1.807) is 37.6 Å². The summed E-state index contributed by atoms with van der Waals surface area (Å²) in [6.45, 7) is 0.476. The van der Waals surface area contributed by atoms with Crippen LogP contribution in [0.2, 0.25) is 0 Å². The van der Waals surface area contributed by atoms with Crippen LogP contribution in [0.25, 0.3) is 0 Å². The highest BCUT2D eigenvalue weighted by atomic mass is 19.1. The number of ether oxygens (including phenoxy) is 1. The van der Waals surface area contributed by atoms with Crippen molar-refractivity contribution in [2.45, 2.75) is 6.42 Å². The van der Waals surface area contributed by atoms with Crippen molar-refractivity contribution in [3.05, 3.63) is 83.9 Å². The third-order valence-electron chi connectivity index (χ3n) is 3.98. The van der Waals surface area contributed by atoms with Gasteiger partial charge in [0.25, 0.3) is 5.91 Å². The number of carbonyl (C=O) groups is 1. The number of halogens is 1. The van der Waals surface area contributed by atoms with Gasteiger partial charge < -0.3 is 15.4 Å². The molecule has 0 saturated heterocycles. The number of carbonyl (C=O) groups excluding carboxylic acids is 1. The smallest absolute Gasteiger partial charge is 0.269 e. The van der Waals surface area contributed by atoms with Crippen LogP contribution in [0.1, 0.15) is 16.1 Å². The number of nitrogens with one attached hydrogen (secondary N) is 2. The van der Waals surface area contributed by atoms with E-state index >= 15 is 0 Å². The third-order valence-corrected chi connectivity index (χ3v) is 3.98. The van der Waals surface area contributed by atoms with Crippen molar-refractivity contribution in [2.75, 3.05) is 19.0 Å². The van der Waals surface area contributed by atoms with Gasteiger partial charge in [-0.05, 0) is 48.4 Å². The number of pyridine rings is 1. The van der Waals surface area contributed by atoms with Crippen LogP contribution in [0.3, 0.4) is 0 Å². The Kier molecular flexibility index (Phi) is 5.99. The predicted molar refractivity (Wildman–Crippen MR) is 103 cm³/mol. The molecular formula is C21H20FN3O2. The Labute approximate surface area is 157 Å². The second-order valence-corrected chi connectivity index (χ2v) is 5.89. The Morgan fingerprint density at radius 2 is 1.93 bits per heavy atom. The number of rotatable bonds is 7. The van der Waals surface area contributed by atoms with E-state index in [4.69, 9.17) is 4.74 Å². The molecular weight excluding hydrogens is 345 g/mol. The Morgan fingerprint density at radius 1 is 1.07 bits per heavy atom. The molecule has 0 aliphatic carbocycles. The van der Waals surface area contributed by atoms with E-state index in [0.29, 0.717) is 30.0 Å². The molecule has 0 aliphatic heterocycles. The van der Waals surface area contributed by atoms with Crippen molar-refractivity contribution >= 4 is 17.3 Å². The lowest BCUT2D eigenvalue weighted by molar-refractivity contribution is 0.0949. The van der Waals surface area contributed by atoms with Crippen molar-refractivity contribution in [2.24, 2.45) is 0 Å². The maximum atomic E-state index is 13.2. The van der Waals surface area contributed by atoms with Gasteiger partial charge in [-0.2, -0.15) is 0 Å². The van der Waals surface area contributed by atoms with E-state index in [9.17, 15) is 9.18 Å². The van der Waals surface area contributed by atoms with Crippen LogP contribution >= 0.6 is 0 Å². The minimum absolute atomic E-state index is 0.248. The number of anilines is 2. The molecule has 0 bridgehead atoms. The van der Waals surface area contributed by atoms with Crippen LogP contribution in [0.15, 0.2) is 66.9 Å². The molecule has 0 fully saturated rings. The van der Waals surface area contributed by atoms with Gasteiger partial charge in [0.1, 0.15) is 17.3 Å². The van der Waals surface area contributed by atoms with Crippen molar-refractivity contribution in [3.8, 4) is 5.75 Å². The molecule has 138 valence electrons. The molecule has 27 heavy (non-hydrogen) atoms. The van der Waals surface area contributed by atoms with Gasteiger partial charge in [0.15, 0.2) is 0 Å². The van der Waals surface area contributed by atoms with Crippen LogP contribution < -0.4 is 15.4 Å². The summed E-state index contributed by atoms with van der Waals surface area (Å²) in [5, 5.41) is 5.89. The van der Waals surface area contributed by atoms with Gasteiger partial charge >= 0.3 is 0 Å². The summed E-state index contributed by atoms with van der Waals surface area (Å²) in [4.78, 5) is 16.4. The fourth-order valence-corrected chi connectivity index (χ4v) is 2.65. The third kappa shape index (κ3) is 5.04. The molecule has 0 aliphatic rings. The van der Waals surface area contributed by atoms with Crippen LogP contribution in [0.5, 0.6) is 5.75 Å². The lowest BCUT2D eigenvalue weighted by Gasteiger charge is -2.09. The standard InChI is InChI=1S/C21H20FN3O2/c1-27-20-8-3-2-5-15(20)11-12-23-21(26)19-10-9-18(14-24-19)25-17-7-4-6-16(22)13-17/h2-10,13-14,25H,11-12H2,1H3,(H,23,26). The monoisotopic (exact) mass is 365 g/mol. The summed E-state index contributed by atoms with van der Waals surface area (Å²) in [5.41, 5.74) is 2.64. The SMILES string of the molecule is COc1ccccc1CCNC(=O)c1ccc(Nc2cccc(F)c2)cn1. The number of hydrogen-bond acceptors (Lipinski definition) is 4. The average molecular weight is 365 g/mol. The number of benzene rings is 2. The normalized spacial score (nSPS) is 10.3. The van der Waals surface area contributed by atoms with E-state index in [0.717, 1.165) is 11.3 Å². The first-order chi connectivity index (χ1) is 13.2. The lowest BCUT2D eigenvalue weighted by Crippen LogP contribution is -2.26. The molecule has 1 heterocycles. The Hall–Kier alpha value is -3.41. The minimum Gasteiger partial charge on any atom is -0.496 e.